The highest BCUT2D eigenvalue weighted by Gasteiger charge is 2.33. The topological polar surface area (TPSA) is 55.1 Å². The molecular formula is C17H27ClN2O. The number of amides is 1. The van der Waals surface area contributed by atoms with Crippen molar-refractivity contribution in [1.82, 2.24) is 5.32 Å². The fourth-order valence-corrected chi connectivity index (χ4v) is 3.21. The monoisotopic (exact) mass is 310 g/mol. The number of halogens is 1. The van der Waals surface area contributed by atoms with E-state index in [4.69, 9.17) is 5.73 Å². The summed E-state index contributed by atoms with van der Waals surface area (Å²) < 4.78 is 0. The van der Waals surface area contributed by atoms with E-state index >= 15 is 0 Å². The van der Waals surface area contributed by atoms with Gasteiger partial charge in [0.25, 0.3) is 0 Å². The van der Waals surface area contributed by atoms with Crippen LogP contribution in [0.25, 0.3) is 0 Å². The zero-order valence-electron chi connectivity index (χ0n) is 12.8. The van der Waals surface area contributed by atoms with E-state index < -0.39 is 0 Å². The molecule has 3 nitrogen and oxygen atoms in total. The van der Waals surface area contributed by atoms with Gasteiger partial charge in [0.05, 0.1) is 6.04 Å². The normalized spacial score (nSPS) is 18.4. The van der Waals surface area contributed by atoms with Crippen molar-refractivity contribution in [2.24, 2.45) is 11.1 Å². The van der Waals surface area contributed by atoms with E-state index in [9.17, 15) is 4.79 Å². The predicted octanol–water partition coefficient (Wildman–Crippen LogP) is 3.58. The van der Waals surface area contributed by atoms with Crippen molar-refractivity contribution in [3.63, 3.8) is 0 Å². The standard InChI is InChI=1S/C17H26N2O.ClH/c1-14(15-8-4-2-5-9-15)19-16(20)12-17(13-18)10-6-3-7-11-17;/h2,4-5,8-9,14H,3,6-7,10-13,18H2,1H3,(H,19,20);1H/t14-;/m1./s1. The maximum Gasteiger partial charge on any atom is 0.221 e. The second-order valence-electron chi connectivity index (χ2n) is 6.14. The molecule has 1 fully saturated rings. The van der Waals surface area contributed by atoms with Gasteiger partial charge >= 0.3 is 0 Å². The highest BCUT2D eigenvalue weighted by molar-refractivity contribution is 5.85. The number of nitrogens with one attached hydrogen (secondary N) is 1. The molecule has 0 saturated heterocycles. The maximum absolute atomic E-state index is 12.3. The van der Waals surface area contributed by atoms with E-state index in [1.165, 1.54) is 19.3 Å². The third-order valence-corrected chi connectivity index (χ3v) is 4.56. The van der Waals surface area contributed by atoms with Crippen molar-refractivity contribution in [3.8, 4) is 0 Å². The summed E-state index contributed by atoms with van der Waals surface area (Å²) in [6.45, 7) is 2.66. The summed E-state index contributed by atoms with van der Waals surface area (Å²) in [5.74, 6) is 0.133. The van der Waals surface area contributed by atoms with E-state index in [1.807, 2.05) is 37.3 Å². The number of hydrogen-bond acceptors (Lipinski definition) is 2. The van der Waals surface area contributed by atoms with Crippen molar-refractivity contribution < 1.29 is 4.79 Å². The summed E-state index contributed by atoms with van der Waals surface area (Å²) in [7, 11) is 0. The second-order valence-corrected chi connectivity index (χ2v) is 6.14. The van der Waals surface area contributed by atoms with Gasteiger partial charge in [-0.15, -0.1) is 12.4 Å². The summed E-state index contributed by atoms with van der Waals surface area (Å²) in [6, 6.07) is 10.1. The largest absolute Gasteiger partial charge is 0.350 e. The van der Waals surface area contributed by atoms with Crippen molar-refractivity contribution in [2.75, 3.05) is 6.54 Å². The number of carbonyl (C=O) groups excluding carboxylic acids is 1. The lowest BCUT2D eigenvalue weighted by atomic mass is 9.71. The molecule has 0 aromatic heterocycles. The SMILES string of the molecule is C[C@@H](NC(=O)CC1(CN)CCCCC1)c1ccccc1.Cl. The third-order valence-electron chi connectivity index (χ3n) is 4.56. The van der Waals surface area contributed by atoms with Crippen LogP contribution in [0.1, 0.15) is 57.1 Å². The molecule has 21 heavy (non-hydrogen) atoms. The Morgan fingerprint density at radius 2 is 1.86 bits per heavy atom. The van der Waals surface area contributed by atoms with E-state index in [0.29, 0.717) is 13.0 Å². The minimum Gasteiger partial charge on any atom is -0.350 e. The number of carbonyl (C=O) groups is 1. The highest BCUT2D eigenvalue weighted by atomic mass is 35.5. The van der Waals surface area contributed by atoms with Crippen LogP contribution in [-0.4, -0.2) is 12.5 Å². The average molecular weight is 311 g/mol. The lowest BCUT2D eigenvalue weighted by Crippen LogP contribution is -2.39. The smallest absolute Gasteiger partial charge is 0.221 e. The van der Waals surface area contributed by atoms with Crippen LogP contribution in [-0.2, 0) is 4.79 Å². The molecule has 0 unspecified atom stereocenters. The van der Waals surface area contributed by atoms with Crippen LogP contribution in [0, 0.1) is 5.41 Å². The van der Waals surface area contributed by atoms with E-state index in [2.05, 4.69) is 5.32 Å². The first-order valence-corrected chi connectivity index (χ1v) is 7.70. The molecule has 1 atom stereocenters. The van der Waals surface area contributed by atoms with Gasteiger partial charge in [-0.2, -0.15) is 0 Å². The van der Waals surface area contributed by atoms with Gasteiger partial charge in [0, 0.05) is 6.42 Å². The minimum atomic E-state index is 0. The molecular weight excluding hydrogens is 284 g/mol. The molecule has 118 valence electrons. The van der Waals surface area contributed by atoms with Crippen LogP contribution < -0.4 is 11.1 Å². The van der Waals surface area contributed by atoms with Crippen LogP contribution in [0.15, 0.2) is 30.3 Å². The van der Waals surface area contributed by atoms with E-state index in [1.54, 1.807) is 0 Å². The summed E-state index contributed by atoms with van der Waals surface area (Å²) in [5, 5.41) is 3.11. The molecule has 1 aromatic rings. The minimum absolute atomic E-state index is 0. The van der Waals surface area contributed by atoms with Gasteiger partial charge in [-0.25, -0.2) is 0 Å². The maximum atomic E-state index is 12.3. The number of hydrogen-bond donors (Lipinski definition) is 2. The van der Waals surface area contributed by atoms with Crippen molar-refractivity contribution >= 4 is 18.3 Å². The molecule has 0 bridgehead atoms. The lowest BCUT2D eigenvalue weighted by molar-refractivity contribution is -0.124. The van der Waals surface area contributed by atoms with Gasteiger partial charge < -0.3 is 11.1 Å². The van der Waals surface area contributed by atoms with Gasteiger partial charge in [0.1, 0.15) is 0 Å². The molecule has 0 spiro atoms. The summed E-state index contributed by atoms with van der Waals surface area (Å²) in [5.41, 5.74) is 7.13. The zero-order valence-corrected chi connectivity index (χ0v) is 13.6. The molecule has 0 aliphatic heterocycles. The molecule has 1 saturated carbocycles. The summed E-state index contributed by atoms with van der Waals surface area (Å²) >= 11 is 0. The van der Waals surface area contributed by atoms with Crippen molar-refractivity contribution in [3.05, 3.63) is 35.9 Å². The number of rotatable bonds is 5. The van der Waals surface area contributed by atoms with Gasteiger partial charge in [-0.3, -0.25) is 4.79 Å². The van der Waals surface area contributed by atoms with Gasteiger partial charge in [0.15, 0.2) is 0 Å². The zero-order chi connectivity index (χ0) is 14.4. The number of benzene rings is 1. The quantitative estimate of drug-likeness (QED) is 0.873. The van der Waals surface area contributed by atoms with Gasteiger partial charge in [0.2, 0.25) is 5.91 Å². The Morgan fingerprint density at radius 1 is 1.24 bits per heavy atom. The number of nitrogens with two attached hydrogens (primary N) is 1. The highest BCUT2D eigenvalue weighted by Crippen LogP contribution is 2.38. The predicted molar refractivity (Wildman–Crippen MR) is 89.4 cm³/mol. The Labute approximate surface area is 134 Å². The van der Waals surface area contributed by atoms with Gasteiger partial charge in [-0.1, -0.05) is 49.6 Å². The Hall–Kier alpha value is -1.06. The Kier molecular flexibility index (Phi) is 7.20. The molecule has 1 amide bonds. The Morgan fingerprint density at radius 3 is 2.43 bits per heavy atom. The van der Waals surface area contributed by atoms with Crippen molar-refractivity contribution in [2.45, 2.75) is 51.5 Å². The van der Waals surface area contributed by atoms with Crippen LogP contribution in [0.2, 0.25) is 0 Å². The third kappa shape index (κ3) is 5.01. The van der Waals surface area contributed by atoms with Crippen LogP contribution >= 0.6 is 12.4 Å². The first-order valence-electron chi connectivity index (χ1n) is 7.70. The molecule has 1 aromatic carbocycles. The first-order chi connectivity index (χ1) is 9.65. The Bertz CT molecular complexity index is 430. The summed E-state index contributed by atoms with van der Waals surface area (Å²) in [4.78, 5) is 12.3. The fourth-order valence-electron chi connectivity index (χ4n) is 3.21. The lowest BCUT2D eigenvalue weighted by Gasteiger charge is -2.36. The van der Waals surface area contributed by atoms with Crippen LogP contribution in [0.4, 0.5) is 0 Å². The molecule has 2 rings (SSSR count). The van der Waals surface area contributed by atoms with E-state index in [0.717, 1.165) is 18.4 Å². The van der Waals surface area contributed by atoms with Crippen LogP contribution in [0.3, 0.4) is 0 Å². The fraction of sp³-hybridized carbons (Fsp3) is 0.588. The molecule has 3 N–H and O–H groups in total. The molecule has 0 heterocycles. The molecule has 0 radical (unpaired) electrons. The molecule has 4 heteroatoms. The second kappa shape index (κ2) is 8.40. The van der Waals surface area contributed by atoms with Gasteiger partial charge in [-0.05, 0) is 37.3 Å². The molecule has 1 aliphatic carbocycles. The van der Waals surface area contributed by atoms with E-state index in [-0.39, 0.29) is 29.8 Å². The molecule has 1 aliphatic rings. The Balaban J connectivity index is 0.00000220. The average Bonchev–Trinajstić information content (AvgIpc) is 2.49. The first kappa shape index (κ1) is 18.0. The van der Waals surface area contributed by atoms with Crippen molar-refractivity contribution in [1.29, 1.82) is 0 Å². The van der Waals surface area contributed by atoms with Crippen LogP contribution in [0.5, 0.6) is 0 Å². The summed E-state index contributed by atoms with van der Waals surface area (Å²) in [6.07, 6.45) is 6.45.